The summed E-state index contributed by atoms with van der Waals surface area (Å²) in [4.78, 5) is 25.6. The molecule has 7 heteroatoms. The zero-order valence-corrected chi connectivity index (χ0v) is 16.5. The van der Waals surface area contributed by atoms with Gasteiger partial charge in [0.2, 0.25) is 0 Å². The van der Waals surface area contributed by atoms with Crippen LogP contribution in [0.4, 0.5) is 0 Å². The van der Waals surface area contributed by atoms with E-state index < -0.39 is 0 Å². The van der Waals surface area contributed by atoms with Crippen LogP contribution in [-0.4, -0.2) is 39.5 Å². The molecule has 146 valence electrons. The molecule has 1 saturated heterocycles. The van der Waals surface area contributed by atoms with Gasteiger partial charge in [-0.25, -0.2) is 0 Å². The monoisotopic (exact) mass is 372 g/mol. The van der Waals surface area contributed by atoms with E-state index in [4.69, 9.17) is 4.74 Å². The predicted molar refractivity (Wildman–Crippen MR) is 103 cm³/mol. The Labute approximate surface area is 159 Å². The summed E-state index contributed by atoms with van der Waals surface area (Å²) in [6.07, 6.45) is 2.01. The van der Waals surface area contributed by atoms with Crippen molar-refractivity contribution in [2.75, 3.05) is 13.2 Å². The second-order valence-electron chi connectivity index (χ2n) is 7.30. The molecule has 0 aliphatic carbocycles. The quantitative estimate of drug-likeness (QED) is 0.840. The van der Waals surface area contributed by atoms with E-state index >= 15 is 0 Å². The molecule has 1 aliphatic heterocycles. The van der Waals surface area contributed by atoms with Crippen molar-refractivity contribution in [3.05, 3.63) is 50.7 Å². The third-order valence-electron chi connectivity index (χ3n) is 5.05. The van der Waals surface area contributed by atoms with Crippen molar-refractivity contribution in [3.63, 3.8) is 0 Å². The molecular formula is C20H28N4O3. The highest BCUT2D eigenvalue weighted by Crippen LogP contribution is 2.15. The standard InChI is InChI=1S/C20H28N4O3/c1-13-10-15(3)23(12-17-6-5-9-27-17)20(26)18(13)19(25)21-7-8-24-16(4)11-14(2)22-24/h10-11,17H,5-9,12H2,1-4H3,(H,21,25). The van der Waals surface area contributed by atoms with E-state index in [1.807, 2.05) is 37.6 Å². The van der Waals surface area contributed by atoms with Gasteiger partial charge >= 0.3 is 0 Å². The largest absolute Gasteiger partial charge is 0.376 e. The van der Waals surface area contributed by atoms with E-state index in [1.54, 1.807) is 11.5 Å². The number of aromatic nitrogens is 3. The van der Waals surface area contributed by atoms with Crippen LogP contribution in [0.3, 0.4) is 0 Å². The average molecular weight is 372 g/mol. The molecule has 2 aromatic heterocycles. The summed E-state index contributed by atoms with van der Waals surface area (Å²) in [5.74, 6) is -0.333. The van der Waals surface area contributed by atoms with Gasteiger partial charge in [0.1, 0.15) is 5.56 Å². The maximum atomic E-state index is 13.0. The summed E-state index contributed by atoms with van der Waals surface area (Å²) in [6, 6.07) is 3.89. The molecule has 27 heavy (non-hydrogen) atoms. The van der Waals surface area contributed by atoms with Gasteiger partial charge in [0, 0.05) is 24.5 Å². The van der Waals surface area contributed by atoms with E-state index in [0.29, 0.717) is 25.2 Å². The Morgan fingerprint density at radius 1 is 1.26 bits per heavy atom. The summed E-state index contributed by atoms with van der Waals surface area (Å²) in [5.41, 5.74) is 3.52. The van der Waals surface area contributed by atoms with Gasteiger partial charge in [-0.15, -0.1) is 0 Å². The second-order valence-corrected chi connectivity index (χ2v) is 7.30. The number of hydrogen-bond donors (Lipinski definition) is 1. The van der Waals surface area contributed by atoms with Crippen LogP contribution in [-0.2, 0) is 17.8 Å². The molecule has 0 aromatic carbocycles. The van der Waals surface area contributed by atoms with Gasteiger partial charge < -0.3 is 14.6 Å². The molecule has 1 unspecified atom stereocenters. The molecule has 1 atom stereocenters. The lowest BCUT2D eigenvalue weighted by atomic mass is 10.1. The van der Waals surface area contributed by atoms with Crippen LogP contribution in [0.15, 0.2) is 16.9 Å². The van der Waals surface area contributed by atoms with Crippen LogP contribution >= 0.6 is 0 Å². The lowest BCUT2D eigenvalue weighted by Gasteiger charge is -2.17. The zero-order valence-electron chi connectivity index (χ0n) is 16.5. The lowest BCUT2D eigenvalue weighted by Crippen LogP contribution is -2.37. The first kappa shape index (κ1) is 19.4. The molecule has 0 saturated carbocycles. The first-order valence-electron chi connectivity index (χ1n) is 9.48. The van der Waals surface area contributed by atoms with Gasteiger partial charge in [-0.3, -0.25) is 14.3 Å². The molecule has 3 rings (SSSR count). The summed E-state index contributed by atoms with van der Waals surface area (Å²) in [5, 5.41) is 7.25. The van der Waals surface area contributed by atoms with Crippen molar-refractivity contribution in [2.24, 2.45) is 0 Å². The molecule has 0 spiro atoms. The molecule has 3 heterocycles. The Morgan fingerprint density at radius 3 is 2.67 bits per heavy atom. The highest BCUT2D eigenvalue weighted by atomic mass is 16.5. The third kappa shape index (κ3) is 4.30. The van der Waals surface area contributed by atoms with Crippen molar-refractivity contribution in [1.29, 1.82) is 0 Å². The molecule has 2 aromatic rings. The number of carbonyl (C=O) groups is 1. The van der Waals surface area contributed by atoms with E-state index in [-0.39, 0.29) is 23.1 Å². The minimum absolute atomic E-state index is 0.0473. The zero-order chi connectivity index (χ0) is 19.6. The molecule has 1 amide bonds. The van der Waals surface area contributed by atoms with Gasteiger partial charge in [0.25, 0.3) is 11.5 Å². The minimum atomic E-state index is -0.333. The van der Waals surface area contributed by atoms with Gasteiger partial charge in [-0.05, 0) is 58.2 Å². The summed E-state index contributed by atoms with van der Waals surface area (Å²) in [6.45, 7) is 9.85. The maximum absolute atomic E-state index is 13.0. The summed E-state index contributed by atoms with van der Waals surface area (Å²) >= 11 is 0. The number of nitrogens with zero attached hydrogens (tertiary/aromatic N) is 3. The molecule has 7 nitrogen and oxygen atoms in total. The number of rotatable bonds is 6. The minimum Gasteiger partial charge on any atom is -0.376 e. The van der Waals surface area contributed by atoms with E-state index in [9.17, 15) is 9.59 Å². The van der Waals surface area contributed by atoms with Crippen LogP contribution in [0.25, 0.3) is 0 Å². The van der Waals surface area contributed by atoms with Gasteiger partial charge in [0.15, 0.2) is 0 Å². The van der Waals surface area contributed by atoms with Gasteiger partial charge in [-0.2, -0.15) is 5.10 Å². The Bertz CT molecular complexity index is 891. The number of nitrogens with one attached hydrogen (secondary N) is 1. The van der Waals surface area contributed by atoms with Crippen LogP contribution in [0.2, 0.25) is 0 Å². The Kier molecular flexibility index (Phi) is 5.79. The summed E-state index contributed by atoms with van der Waals surface area (Å²) in [7, 11) is 0. The first-order chi connectivity index (χ1) is 12.9. The number of hydrogen-bond acceptors (Lipinski definition) is 4. The van der Waals surface area contributed by atoms with E-state index in [1.165, 1.54) is 0 Å². The van der Waals surface area contributed by atoms with Crippen LogP contribution in [0.5, 0.6) is 0 Å². The highest BCUT2D eigenvalue weighted by Gasteiger charge is 2.21. The van der Waals surface area contributed by atoms with E-state index in [0.717, 1.165) is 36.5 Å². The van der Waals surface area contributed by atoms with Crippen molar-refractivity contribution >= 4 is 5.91 Å². The van der Waals surface area contributed by atoms with E-state index in [2.05, 4.69) is 10.4 Å². The number of aryl methyl sites for hydroxylation is 4. The second kappa shape index (κ2) is 8.08. The normalized spacial score (nSPS) is 16.7. The Balaban J connectivity index is 1.73. The topological polar surface area (TPSA) is 78.1 Å². The number of ether oxygens (including phenoxy) is 1. The SMILES string of the molecule is Cc1cc(C)n(CCNC(=O)c2c(C)cc(C)n(CC3CCCO3)c2=O)n1. The number of pyridine rings is 1. The Hall–Kier alpha value is -2.41. The van der Waals surface area contributed by atoms with Crippen LogP contribution in [0.1, 0.15) is 45.8 Å². The molecular weight excluding hydrogens is 344 g/mol. The first-order valence-corrected chi connectivity index (χ1v) is 9.48. The molecule has 0 radical (unpaired) electrons. The lowest BCUT2D eigenvalue weighted by molar-refractivity contribution is 0.0926. The number of carbonyl (C=O) groups excluding carboxylic acids is 1. The smallest absolute Gasteiger partial charge is 0.263 e. The van der Waals surface area contributed by atoms with Crippen LogP contribution < -0.4 is 10.9 Å². The van der Waals surface area contributed by atoms with Crippen LogP contribution in [0, 0.1) is 27.7 Å². The molecule has 1 aliphatic rings. The Morgan fingerprint density at radius 2 is 2.04 bits per heavy atom. The molecule has 1 N–H and O–H groups in total. The summed E-state index contributed by atoms with van der Waals surface area (Å²) < 4.78 is 9.17. The van der Waals surface area contributed by atoms with Crippen molar-refractivity contribution in [1.82, 2.24) is 19.7 Å². The van der Waals surface area contributed by atoms with Gasteiger partial charge in [-0.1, -0.05) is 0 Å². The fraction of sp³-hybridized carbons (Fsp3) is 0.550. The highest BCUT2D eigenvalue weighted by molar-refractivity contribution is 5.95. The maximum Gasteiger partial charge on any atom is 0.263 e. The molecule has 0 bridgehead atoms. The van der Waals surface area contributed by atoms with Gasteiger partial charge in [0.05, 0.1) is 24.9 Å². The third-order valence-corrected chi connectivity index (χ3v) is 5.05. The van der Waals surface area contributed by atoms with Crippen molar-refractivity contribution in [3.8, 4) is 0 Å². The van der Waals surface area contributed by atoms with Crippen molar-refractivity contribution < 1.29 is 9.53 Å². The molecule has 1 fully saturated rings. The fourth-order valence-electron chi connectivity index (χ4n) is 3.69. The predicted octanol–water partition coefficient (Wildman–Crippen LogP) is 1.89. The van der Waals surface area contributed by atoms with Crippen molar-refractivity contribution in [2.45, 2.75) is 59.7 Å². The number of amides is 1. The fourth-order valence-corrected chi connectivity index (χ4v) is 3.69. The average Bonchev–Trinajstić information content (AvgIpc) is 3.21.